The molecule has 0 radical (unpaired) electrons. The molecule has 2 amide bonds. The Morgan fingerprint density at radius 1 is 1.12 bits per heavy atom. The quantitative estimate of drug-likeness (QED) is 0.899. The Labute approximate surface area is 155 Å². The molecule has 2 aliphatic heterocycles. The number of amides is 2. The van der Waals surface area contributed by atoms with Crippen LogP contribution in [-0.2, 0) is 4.79 Å². The van der Waals surface area contributed by atoms with Crippen LogP contribution in [0.1, 0.15) is 28.9 Å². The molecule has 1 N–H and O–H groups in total. The van der Waals surface area contributed by atoms with Crippen LogP contribution < -0.4 is 14.8 Å². The summed E-state index contributed by atoms with van der Waals surface area (Å²) in [7, 11) is 0. The largest absolute Gasteiger partial charge is 0.490 e. The summed E-state index contributed by atoms with van der Waals surface area (Å²) in [5.74, 6) is 1.09. The summed E-state index contributed by atoms with van der Waals surface area (Å²) in [6.07, 6.45) is 2.34. The molecule has 136 valence electrons. The van der Waals surface area contributed by atoms with E-state index < -0.39 is 6.04 Å². The summed E-state index contributed by atoms with van der Waals surface area (Å²) < 4.78 is 11.3. The van der Waals surface area contributed by atoms with Gasteiger partial charge in [0.25, 0.3) is 5.91 Å². The lowest BCUT2D eigenvalue weighted by Gasteiger charge is -2.23. The molecule has 0 spiro atoms. The highest BCUT2D eigenvalue weighted by molar-refractivity contribution is 7.12. The van der Waals surface area contributed by atoms with Gasteiger partial charge in [0, 0.05) is 24.7 Å². The number of carbonyl (C=O) groups is 2. The van der Waals surface area contributed by atoms with E-state index in [1.54, 1.807) is 29.2 Å². The van der Waals surface area contributed by atoms with Gasteiger partial charge in [0.05, 0.1) is 18.1 Å². The van der Waals surface area contributed by atoms with Gasteiger partial charge in [-0.1, -0.05) is 6.07 Å². The number of anilines is 1. The number of nitrogens with one attached hydrogen (secondary N) is 1. The fourth-order valence-electron chi connectivity index (χ4n) is 3.29. The fourth-order valence-corrected chi connectivity index (χ4v) is 3.97. The molecule has 7 heteroatoms. The van der Waals surface area contributed by atoms with Crippen LogP contribution in [0.2, 0.25) is 0 Å². The maximum Gasteiger partial charge on any atom is 0.264 e. The Hall–Kier alpha value is -2.54. The molecule has 1 unspecified atom stereocenters. The first-order valence-corrected chi connectivity index (χ1v) is 9.65. The second-order valence-corrected chi connectivity index (χ2v) is 7.28. The van der Waals surface area contributed by atoms with E-state index in [0.717, 1.165) is 12.8 Å². The van der Waals surface area contributed by atoms with Crippen LogP contribution in [0.3, 0.4) is 0 Å². The van der Waals surface area contributed by atoms with Gasteiger partial charge in [-0.25, -0.2) is 0 Å². The van der Waals surface area contributed by atoms with E-state index in [0.29, 0.717) is 48.2 Å². The van der Waals surface area contributed by atoms with Gasteiger partial charge in [-0.2, -0.15) is 0 Å². The highest BCUT2D eigenvalue weighted by Gasteiger charge is 2.35. The van der Waals surface area contributed by atoms with Crippen LogP contribution in [0.5, 0.6) is 11.5 Å². The number of hydrogen-bond donors (Lipinski definition) is 1. The Morgan fingerprint density at radius 2 is 1.96 bits per heavy atom. The lowest BCUT2D eigenvalue weighted by atomic mass is 10.2. The Morgan fingerprint density at radius 3 is 2.77 bits per heavy atom. The lowest BCUT2D eigenvalue weighted by molar-refractivity contribution is -0.119. The highest BCUT2D eigenvalue weighted by atomic mass is 32.1. The SMILES string of the molecule is O=C(Nc1ccc2c(c1)OCCCO2)C1CCCN1C(=O)c1cccs1. The van der Waals surface area contributed by atoms with Crippen molar-refractivity contribution in [1.29, 1.82) is 0 Å². The molecule has 2 aliphatic rings. The zero-order chi connectivity index (χ0) is 17.9. The summed E-state index contributed by atoms with van der Waals surface area (Å²) in [6.45, 7) is 1.83. The molecule has 1 saturated heterocycles. The molecule has 0 aliphatic carbocycles. The standard InChI is InChI=1S/C19H20N2O4S/c22-18(14-4-1-8-21(14)19(23)17-5-2-11-26-17)20-13-6-7-15-16(12-13)25-10-3-9-24-15/h2,5-7,11-12,14H,1,3-4,8-10H2,(H,20,22). The average molecular weight is 372 g/mol. The van der Waals surface area contributed by atoms with Crippen LogP contribution in [-0.4, -0.2) is 42.5 Å². The van der Waals surface area contributed by atoms with E-state index in [1.807, 2.05) is 11.4 Å². The maximum atomic E-state index is 12.8. The summed E-state index contributed by atoms with van der Waals surface area (Å²) in [4.78, 5) is 27.7. The zero-order valence-electron chi connectivity index (χ0n) is 14.3. The summed E-state index contributed by atoms with van der Waals surface area (Å²) in [5.41, 5.74) is 0.648. The van der Waals surface area contributed by atoms with E-state index in [1.165, 1.54) is 11.3 Å². The van der Waals surface area contributed by atoms with Gasteiger partial charge in [-0.05, 0) is 36.4 Å². The van der Waals surface area contributed by atoms with Gasteiger partial charge in [0.15, 0.2) is 11.5 Å². The molecule has 0 bridgehead atoms. The van der Waals surface area contributed by atoms with Gasteiger partial charge in [0.1, 0.15) is 6.04 Å². The van der Waals surface area contributed by atoms with Crippen LogP contribution in [0, 0.1) is 0 Å². The molecule has 26 heavy (non-hydrogen) atoms. The summed E-state index contributed by atoms with van der Waals surface area (Å²) >= 11 is 1.40. The Bertz CT molecular complexity index is 806. The van der Waals surface area contributed by atoms with Crippen molar-refractivity contribution >= 4 is 28.8 Å². The second kappa shape index (κ2) is 7.37. The normalized spacial score (nSPS) is 19.1. The molecule has 1 atom stereocenters. The molecule has 4 rings (SSSR count). The molecule has 3 heterocycles. The van der Waals surface area contributed by atoms with Crippen molar-refractivity contribution in [3.63, 3.8) is 0 Å². The predicted molar refractivity (Wildman–Crippen MR) is 99.1 cm³/mol. The van der Waals surface area contributed by atoms with E-state index >= 15 is 0 Å². The first-order chi connectivity index (χ1) is 12.7. The maximum absolute atomic E-state index is 12.8. The number of benzene rings is 1. The zero-order valence-corrected chi connectivity index (χ0v) is 15.1. The predicted octanol–water partition coefficient (Wildman–Crippen LogP) is 3.15. The highest BCUT2D eigenvalue weighted by Crippen LogP contribution is 2.32. The topological polar surface area (TPSA) is 67.9 Å². The van der Waals surface area contributed by atoms with E-state index in [9.17, 15) is 9.59 Å². The number of thiophene rings is 1. The third-order valence-corrected chi connectivity index (χ3v) is 5.42. The van der Waals surface area contributed by atoms with Gasteiger partial charge >= 0.3 is 0 Å². The molecule has 1 aromatic carbocycles. The lowest BCUT2D eigenvalue weighted by Crippen LogP contribution is -2.42. The first-order valence-electron chi connectivity index (χ1n) is 8.77. The number of rotatable bonds is 3. The van der Waals surface area contributed by atoms with Crippen molar-refractivity contribution in [2.45, 2.75) is 25.3 Å². The van der Waals surface area contributed by atoms with Gasteiger partial charge < -0.3 is 19.7 Å². The number of hydrogen-bond acceptors (Lipinski definition) is 5. The smallest absolute Gasteiger partial charge is 0.264 e. The minimum absolute atomic E-state index is 0.0729. The van der Waals surface area contributed by atoms with Crippen molar-refractivity contribution < 1.29 is 19.1 Å². The number of likely N-dealkylation sites (tertiary alicyclic amines) is 1. The van der Waals surface area contributed by atoms with Gasteiger partial charge in [-0.3, -0.25) is 9.59 Å². The number of fused-ring (bicyclic) bond motifs is 1. The fraction of sp³-hybridized carbons (Fsp3) is 0.368. The second-order valence-electron chi connectivity index (χ2n) is 6.34. The van der Waals surface area contributed by atoms with Crippen LogP contribution in [0.15, 0.2) is 35.7 Å². The van der Waals surface area contributed by atoms with E-state index in [2.05, 4.69) is 5.32 Å². The monoisotopic (exact) mass is 372 g/mol. The van der Waals surface area contributed by atoms with Crippen LogP contribution in [0.4, 0.5) is 5.69 Å². The molecule has 1 fully saturated rings. The van der Waals surface area contributed by atoms with Crippen molar-refractivity contribution in [2.24, 2.45) is 0 Å². The van der Waals surface area contributed by atoms with Crippen LogP contribution >= 0.6 is 11.3 Å². The van der Waals surface area contributed by atoms with Crippen molar-refractivity contribution in [1.82, 2.24) is 4.90 Å². The number of carbonyl (C=O) groups excluding carboxylic acids is 2. The molecular formula is C19H20N2O4S. The summed E-state index contributed by atoms with van der Waals surface area (Å²) in [5, 5.41) is 4.79. The van der Waals surface area contributed by atoms with Gasteiger partial charge in [-0.15, -0.1) is 11.3 Å². The molecule has 1 aromatic heterocycles. The minimum atomic E-state index is -0.444. The van der Waals surface area contributed by atoms with E-state index in [4.69, 9.17) is 9.47 Å². The average Bonchev–Trinajstić information content (AvgIpc) is 3.29. The van der Waals surface area contributed by atoms with Crippen molar-refractivity contribution in [2.75, 3.05) is 25.1 Å². The molecule has 6 nitrogen and oxygen atoms in total. The Kier molecular flexibility index (Phi) is 4.79. The van der Waals surface area contributed by atoms with E-state index in [-0.39, 0.29) is 11.8 Å². The number of nitrogens with zero attached hydrogens (tertiary/aromatic N) is 1. The minimum Gasteiger partial charge on any atom is -0.490 e. The van der Waals surface area contributed by atoms with Crippen molar-refractivity contribution in [3.05, 3.63) is 40.6 Å². The van der Waals surface area contributed by atoms with Gasteiger partial charge in [0.2, 0.25) is 5.91 Å². The Balaban J connectivity index is 1.47. The third kappa shape index (κ3) is 3.39. The summed E-state index contributed by atoms with van der Waals surface area (Å²) in [6, 6.07) is 8.58. The van der Waals surface area contributed by atoms with Crippen LogP contribution in [0.25, 0.3) is 0 Å². The first kappa shape index (κ1) is 16.9. The molecule has 2 aromatic rings. The van der Waals surface area contributed by atoms with Crippen molar-refractivity contribution in [3.8, 4) is 11.5 Å². The molecular weight excluding hydrogens is 352 g/mol. The molecule has 0 saturated carbocycles. The number of ether oxygens (including phenoxy) is 2. The third-order valence-electron chi connectivity index (χ3n) is 4.56.